The number of hydrogen-bond donors (Lipinski definition) is 3. The Balaban J connectivity index is 1.85. The standard InChI is InChI=1S/C14H20N4O3/c1-18(2)14(6-3-7-14)9-16-13(21)17-10-4-5-11(12(19)20)15-8-10/h4-5,8H,3,6-7,9H2,1-2H3,(H,19,20)(H2,16,17,21). The number of aromatic carboxylic acids is 1. The van der Waals surface area contributed by atoms with Crippen LogP contribution in [0.5, 0.6) is 0 Å². The lowest BCUT2D eigenvalue weighted by Crippen LogP contribution is -2.57. The Morgan fingerprint density at radius 2 is 2.10 bits per heavy atom. The highest BCUT2D eigenvalue weighted by Gasteiger charge is 2.39. The highest BCUT2D eigenvalue weighted by atomic mass is 16.4. The summed E-state index contributed by atoms with van der Waals surface area (Å²) >= 11 is 0. The number of carboxylic acid groups (broad SMARTS) is 1. The molecule has 7 nitrogen and oxygen atoms in total. The number of nitrogens with zero attached hydrogens (tertiary/aromatic N) is 2. The molecule has 1 heterocycles. The zero-order chi connectivity index (χ0) is 15.5. The molecule has 1 aromatic rings. The normalized spacial score (nSPS) is 16.1. The molecule has 2 amide bonds. The fourth-order valence-electron chi connectivity index (χ4n) is 2.38. The summed E-state index contributed by atoms with van der Waals surface area (Å²) in [5, 5.41) is 14.3. The Bertz CT molecular complexity index is 524. The fourth-order valence-corrected chi connectivity index (χ4v) is 2.38. The molecular weight excluding hydrogens is 272 g/mol. The summed E-state index contributed by atoms with van der Waals surface area (Å²) in [5.74, 6) is -1.09. The lowest BCUT2D eigenvalue weighted by Gasteiger charge is -2.47. The van der Waals surface area contributed by atoms with E-state index in [4.69, 9.17) is 5.11 Å². The minimum atomic E-state index is -1.09. The molecule has 0 unspecified atom stereocenters. The Labute approximate surface area is 123 Å². The molecule has 1 aliphatic carbocycles. The van der Waals surface area contributed by atoms with E-state index in [2.05, 4.69) is 20.5 Å². The van der Waals surface area contributed by atoms with Crippen LogP contribution in [-0.4, -0.2) is 53.2 Å². The second-order valence-corrected chi connectivity index (χ2v) is 5.52. The molecule has 0 aromatic carbocycles. The average Bonchev–Trinajstić information content (AvgIpc) is 2.37. The quantitative estimate of drug-likeness (QED) is 0.762. The van der Waals surface area contributed by atoms with Crippen molar-refractivity contribution in [2.75, 3.05) is 26.0 Å². The number of carboxylic acids is 1. The van der Waals surface area contributed by atoms with Crippen LogP contribution in [0.3, 0.4) is 0 Å². The molecule has 2 rings (SSSR count). The monoisotopic (exact) mass is 292 g/mol. The summed E-state index contributed by atoms with van der Waals surface area (Å²) in [6.45, 7) is 0.590. The molecule has 1 aromatic heterocycles. The molecule has 0 radical (unpaired) electrons. The van der Waals surface area contributed by atoms with Gasteiger partial charge in [-0.3, -0.25) is 0 Å². The third-order valence-corrected chi connectivity index (χ3v) is 4.05. The van der Waals surface area contributed by atoms with E-state index >= 15 is 0 Å². The van der Waals surface area contributed by atoms with Crippen molar-refractivity contribution in [2.24, 2.45) is 0 Å². The number of amides is 2. The van der Waals surface area contributed by atoms with E-state index in [-0.39, 0.29) is 17.3 Å². The van der Waals surface area contributed by atoms with Gasteiger partial charge in [0.05, 0.1) is 11.9 Å². The van der Waals surface area contributed by atoms with E-state index < -0.39 is 5.97 Å². The maximum atomic E-state index is 11.9. The molecule has 1 aliphatic rings. The van der Waals surface area contributed by atoms with E-state index in [9.17, 15) is 9.59 Å². The smallest absolute Gasteiger partial charge is 0.354 e. The van der Waals surface area contributed by atoms with Gasteiger partial charge in [-0.15, -0.1) is 0 Å². The predicted molar refractivity (Wildman–Crippen MR) is 78.5 cm³/mol. The Hall–Kier alpha value is -2.15. The Kier molecular flexibility index (Phi) is 4.42. The van der Waals surface area contributed by atoms with Gasteiger partial charge < -0.3 is 20.6 Å². The van der Waals surface area contributed by atoms with Crippen LogP contribution in [0, 0.1) is 0 Å². The van der Waals surface area contributed by atoms with Crippen molar-refractivity contribution < 1.29 is 14.7 Å². The van der Waals surface area contributed by atoms with Crippen LogP contribution in [0.2, 0.25) is 0 Å². The first-order chi connectivity index (χ1) is 9.93. The number of nitrogens with one attached hydrogen (secondary N) is 2. The fraction of sp³-hybridized carbons (Fsp3) is 0.500. The number of carbonyl (C=O) groups excluding carboxylic acids is 1. The molecule has 0 saturated heterocycles. The summed E-state index contributed by atoms with van der Waals surface area (Å²) in [7, 11) is 4.04. The van der Waals surface area contributed by atoms with Crippen LogP contribution in [0.25, 0.3) is 0 Å². The van der Waals surface area contributed by atoms with Crippen LogP contribution in [0.4, 0.5) is 10.5 Å². The van der Waals surface area contributed by atoms with Gasteiger partial charge in [0.25, 0.3) is 0 Å². The molecule has 0 spiro atoms. The van der Waals surface area contributed by atoms with Crippen LogP contribution in [-0.2, 0) is 0 Å². The lowest BCUT2D eigenvalue weighted by molar-refractivity contribution is 0.0630. The number of likely N-dealkylation sites (N-methyl/N-ethyl adjacent to an activating group) is 1. The molecule has 0 bridgehead atoms. The number of rotatable bonds is 5. The second-order valence-electron chi connectivity index (χ2n) is 5.52. The van der Waals surface area contributed by atoms with Gasteiger partial charge in [-0.2, -0.15) is 0 Å². The summed E-state index contributed by atoms with van der Waals surface area (Å²) in [5.41, 5.74) is 0.468. The molecule has 114 valence electrons. The van der Waals surface area contributed by atoms with Gasteiger partial charge in [0.1, 0.15) is 5.69 Å². The van der Waals surface area contributed by atoms with Gasteiger partial charge in [-0.05, 0) is 45.5 Å². The van der Waals surface area contributed by atoms with Gasteiger partial charge in [0.15, 0.2) is 0 Å². The summed E-state index contributed by atoms with van der Waals surface area (Å²) in [4.78, 5) is 28.4. The minimum Gasteiger partial charge on any atom is -0.477 e. The molecule has 7 heteroatoms. The van der Waals surface area contributed by atoms with Gasteiger partial charge >= 0.3 is 12.0 Å². The first-order valence-electron chi connectivity index (χ1n) is 6.85. The van der Waals surface area contributed by atoms with Crippen LogP contribution >= 0.6 is 0 Å². The van der Waals surface area contributed by atoms with Gasteiger partial charge in [0.2, 0.25) is 0 Å². The van der Waals surface area contributed by atoms with E-state index in [0.717, 1.165) is 12.8 Å². The zero-order valence-electron chi connectivity index (χ0n) is 12.2. The third-order valence-electron chi connectivity index (χ3n) is 4.05. The predicted octanol–water partition coefficient (Wildman–Crippen LogP) is 1.39. The van der Waals surface area contributed by atoms with Crippen molar-refractivity contribution in [3.63, 3.8) is 0 Å². The van der Waals surface area contributed by atoms with Crippen molar-refractivity contribution in [1.29, 1.82) is 0 Å². The first-order valence-corrected chi connectivity index (χ1v) is 6.85. The summed E-state index contributed by atoms with van der Waals surface area (Å²) in [6.07, 6.45) is 4.67. The maximum absolute atomic E-state index is 11.9. The van der Waals surface area contributed by atoms with Crippen molar-refractivity contribution in [3.8, 4) is 0 Å². The van der Waals surface area contributed by atoms with Crippen molar-refractivity contribution in [2.45, 2.75) is 24.8 Å². The summed E-state index contributed by atoms with van der Waals surface area (Å²) < 4.78 is 0. The SMILES string of the molecule is CN(C)C1(CNC(=O)Nc2ccc(C(=O)O)nc2)CCC1. The van der Waals surface area contributed by atoms with Crippen molar-refractivity contribution >= 4 is 17.7 Å². The van der Waals surface area contributed by atoms with Gasteiger partial charge in [-0.1, -0.05) is 0 Å². The topological polar surface area (TPSA) is 94.6 Å². The number of anilines is 1. The first kappa shape index (κ1) is 15.2. The van der Waals surface area contributed by atoms with E-state index in [1.807, 2.05) is 14.1 Å². The molecule has 1 saturated carbocycles. The largest absolute Gasteiger partial charge is 0.477 e. The van der Waals surface area contributed by atoms with E-state index in [1.54, 1.807) is 0 Å². The number of hydrogen-bond acceptors (Lipinski definition) is 4. The van der Waals surface area contributed by atoms with E-state index in [1.165, 1.54) is 24.8 Å². The van der Waals surface area contributed by atoms with E-state index in [0.29, 0.717) is 12.2 Å². The number of aromatic nitrogens is 1. The average molecular weight is 292 g/mol. The summed E-state index contributed by atoms with van der Waals surface area (Å²) in [6, 6.07) is 2.56. The second kappa shape index (κ2) is 6.09. The van der Waals surface area contributed by atoms with Gasteiger partial charge in [-0.25, -0.2) is 14.6 Å². The van der Waals surface area contributed by atoms with Crippen LogP contribution in [0.15, 0.2) is 18.3 Å². The Morgan fingerprint density at radius 3 is 2.52 bits per heavy atom. The zero-order valence-corrected chi connectivity index (χ0v) is 12.2. The highest BCUT2D eigenvalue weighted by Crippen LogP contribution is 2.35. The molecule has 3 N–H and O–H groups in total. The van der Waals surface area contributed by atoms with Gasteiger partial charge in [0, 0.05) is 12.1 Å². The third kappa shape index (κ3) is 3.49. The van der Waals surface area contributed by atoms with Crippen LogP contribution in [0.1, 0.15) is 29.8 Å². The number of urea groups is 1. The molecular formula is C14H20N4O3. The lowest BCUT2D eigenvalue weighted by atomic mass is 9.75. The van der Waals surface area contributed by atoms with Crippen molar-refractivity contribution in [1.82, 2.24) is 15.2 Å². The highest BCUT2D eigenvalue weighted by molar-refractivity contribution is 5.90. The number of pyridine rings is 1. The Morgan fingerprint density at radius 1 is 1.38 bits per heavy atom. The van der Waals surface area contributed by atoms with Crippen molar-refractivity contribution in [3.05, 3.63) is 24.0 Å². The molecule has 0 atom stereocenters. The number of carbonyl (C=O) groups is 2. The minimum absolute atomic E-state index is 0.0537. The molecule has 21 heavy (non-hydrogen) atoms. The van der Waals surface area contributed by atoms with Crippen LogP contribution < -0.4 is 10.6 Å². The molecule has 0 aliphatic heterocycles. The molecule has 1 fully saturated rings. The maximum Gasteiger partial charge on any atom is 0.354 e.